The molecule has 4 nitrogen and oxygen atoms in total. The zero-order chi connectivity index (χ0) is 18.4. The van der Waals surface area contributed by atoms with Crippen molar-refractivity contribution in [2.45, 2.75) is 32.3 Å². The van der Waals surface area contributed by atoms with Crippen molar-refractivity contribution in [3.8, 4) is 5.69 Å². The van der Waals surface area contributed by atoms with Gasteiger partial charge in [0.05, 0.1) is 12.3 Å². The van der Waals surface area contributed by atoms with Crippen molar-refractivity contribution in [2.24, 2.45) is 0 Å². The molecule has 1 heterocycles. The number of nitrogens with zero attached hydrogens (tertiary/aromatic N) is 3. The van der Waals surface area contributed by atoms with Gasteiger partial charge in [0, 0.05) is 18.8 Å². The van der Waals surface area contributed by atoms with Gasteiger partial charge >= 0.3 is 0 Å². The van der Waals surface area contributed by atoms with Gasteiger partial charge < -0.3 is 4.74 Å². The first kappa shape index (κ1) is 18.7. The minimum atomic E-state index is 0.717. The standard InChI is InChI=1S/C21H25N3OS/c1-4-25-12-13-26-21-23-22-20(15-18-8-6-5-7-9-18)24(21)19-11-10-16(2)14-17(19)3/h5-11,14H,4,12-13,15H2,1-3H3. The summed E-state index contributed by atoms with van der Waals surface area (Å²) >= 11 is 1.69. The van der Waals surface area contributed by atoms with Crippen LogP contribution < -0.4 is 0 Å². The maximum absolute atomic E-state index is 5.46. The van der Waals surface area contributed by atoms with Crippen molar-refractivity contribution in [1.82, 2.24) is 14.8 Å². The first-order valence-electron chi connectivity index (χ1n) is 8.95. The third kappa shape index (κ3) is 4.54. The lowest BCUT2D eigenvalue weighted by atomic mass is 10.1. The van der Waals surface area contributed by atoms with E-state index >= 15 is 0 Å². The van der Waals surface area contributed by atoms with Crippen LogP contribution in [0, 0.1) is 13.8 Å². The molecule has 0 saturated carbocycles. The molecule has 5 heteroatoms. The molecule has 0 aliphatic heterocycles. The number of aromatic nitrogens is 3. The van der Waals surface area contributed by atoms with Crippen molar-refractivity contribution in [3.05, 3.63) is 71.0 Å². The summed E-state index contributed by atoms with van der Waals surface area (Å²) in [6.45, 7) is 7.73. The summed E-state index contributed by atoms with van der Waals surface area (Å²) in [5.74, 6) is 1.82. The predicted octanol–water partition coefficient (Wildman–Crippen LogP) is 4.60. The van der Waals surface area contributed by atoms with Gasteiger partial charge in [0.25, 0.3) is 0 Å². The van der Waals surface area contributed by atoms with Crippen molar-refractivity contribution < 1.29 is 4.74 Å². The summed E-state index contributed by atoms with van der Waals surface area (Å²) in [6, 6.07) is 16.9. The van der Waals surface area contributed by atoms with Gasteiger partial charge in [-0.15, -0.1) is 10.2 Å². The lowest BCUT2D eigenvalue weighted by Crippen LogP contribution is -2.06. The molecular weight excluding hydrogens is 342 g/mol. The zero-order valence-corrected chi connectivity index (χ0v) is 16.4. The van der Waals surface area contributed by atoms with Gasteiger partial charge in [0.2, 0.25) is 0 Å². The van der Waals surface area contributed by atoms with Crippen LogP contribution in [0.25, 0.3) is 5.69 Å². The first-order valence-corrected chi connectivity index (χ1v) is 9.94. The number of hydrogen-bond acceptors (Lipinski definition) is 4. The second kappa shape index (κ2) is 9.01. The highest BCUT2D eigenvalue weighted by Gasteiger charge is 2.16. The molecule has 1 aromatic heterocycles. The third-order valence-electron chi connectivity index (χ3n) is 4.16. The molecule has 136 valence electrons. The molecule has 3 rings (SSSR count). The van der Waals surface area contributed by atoms with Crippen LogP contribution in [0.3, 0.4) is 0 Å². The van der Waals surface area contributed by atoms with Crippen molar-refractivity contribution in [1.29, 1.82) is 0 Å². The van der Waals surface area contributed by atoms with Gasteiger partial charge in [-0.1, -0.05) is 59.8 Å². The van der Waals surface area contributed by atoms with Crippen molar-refractivity contribution in [2.75, 3.05) is 19.0 Å². The molecule has 2 aromatic carbocycles. The quantitative estimate of drug-likeness (QED) is 0.431. The Morgan fingerprint density at radius 1 is 1.04 bits per heavy atom. The number of benzene rings is 2. The molecule has 0 N–H and O–H groups in total. The maximum Gasteiger partial charge on any atom is 0.195 e. The van der Waals surface area contributed by atoms with E-state index in [2.05, 4.69) is 71.1 Å². The Hall–Kier alpha value is -2.11. The maximum atomic E-state index is 5.46. The smallest absolute Gasteiger partial charge is 0.195 e. The average Bonchev–Trinajstić information content (AvgIpc) is 3.02. The molecule has 0 fully saturated rings. The zero-order valence-electron chi connectivity index (χ0n) is 15.6. The van der Waals surface area contributed by atoms with E-state index in [1.54, 1.807) is 11.8 Å². The summed E-state index contributed by atoms with van der Waals surface area (Å²) in [5, 5.41) is 9.89. The largest absolute Gasteiger partial charge is 0.381 e. The van der Waals surface area contributed by atoms with Crippen LogP contribution >= 0.6 is 11.8 Å². The number of rotatable bonds is 8. The second-order valence-electron chi connectivity index (χ2n) is 6.23. The number of thioether (sulfide) groups is 1. The Labute approximate surface area is 159 Å². The van der Waals surface area contributed by atoms with Crippen LogP contribution in [0.5, 0.6) is 0 Å². The molecule has 0 spiro atoms. The van der Waals surface area contributed by atoms with Gasteiger partial charge in [-0.25, -0.2) is 0 Å². The number of hydrogen-bond donors (Lipinski definition) is 0. The van der Waals surface area contributed by atoms with Gasteiger partial charge in [0.15, 0.2) is 5.16 Å². The Morgan fingerprint density at radius 3 is 2.58 bits per heavy atom. The van der Waals surface area contributed by atoms with E-state index in [4.69, 9.17) is 4.74 Å². The van der Waals surface area contributed by atoms with Crippen LogP contribution in [-0.4, -0.2) is 33.7 Å². The van der Waals surface area contributed by atoms with Crippen LogP contribution in [0.4, 0.5) is 0 Å². The Bertz CT molecular complexity index is 846. The Balaban J connectivity index is 1.94. The van der Waals surface area contributed by atoms with Gasteiger partial charge in [-0.2, -0.15) is 0 Å². The molecule has 0 bridgehead atoms. The highest BCUT2D eigenvalue weighted by atomic mass is 32.2. The van der Waals surface area contributed by atoms with Crippen molar-refractivity contribution in [3.63, 3.8) is 0 Å². The van der Waals surface area contributed by atoms with E-state index < -0.39 is 0 Å². The minimum Gasteiger partial charge on any atom is -0.381 e. The topological polar surface area (TPSA) is 39.9 Å². The number of aryl methyl sites for hydroxylation is 2. The Morgan fingerprint density at radius 2 is 1.85 bits per heavy atom. The highest BCUT2D eigenvalue weighted by Crippen LogP contribution is 2.26. The fraction of sp³-hybridized carbons (Fsp3) is 0.333. The molecule has 0 radical (unpaired) electrons. The minimum absolute atomic E-state index is 0.717. The fourth-order valence-electron chi connectivity index (χ4n) is 2.92. The van der Waals surface area contributed by atoms with Crippen molar-refractivity contribution >= 4 is 11.8 Å². The van der Waals surface area contributed by atoms with Gasteiger partial charge in [-0.3, -0.25) is 4.57 Å². The molecule has 0 unspecified atom stereocenters. The highest BCUT2D eigenvalue weighted by molar-refractivity contribution is 7.99. The van der Waals surface area contributed by atoms with Gasteiger partial charge in [0.1, 0.15) is 5.82 Å². The van der Waals surface area contributed by atoms with E-state index in [-0.39, 0.29) is 0 Å². The lowest BCUT2D eigenvalue weighted by molar-refractivity contribution is 0.164. The molecule has 0 aliphatic rings. The summed E-state index contributed by atoms with van der Waals surface area (Å²) in [7, 11) is 0. The van der Waals surface area contributed by atoms with Gasteiger partial charge in [-0.05, 0) is 38.0 Å². The SMILES string of the molecule is CCOCCSc1nnc(Cc2ccccc2)n1-c1ccc(C)cc1C. The number of ether oxygens (including phenoxy) is 1. The average molecular weight is 368 g/mol. The summed E-state index contributed by atoms with van der Waals surface area (Å²) in [4.78, 5) is 0. The summed E-state index contributed by atoms with van der Waals surface area (Å²) in [6.07, 6.45) is 0.757. The third-order valence-corrected chi connectivity index (χ3v) is 5.05. The van der Waals surface area contributed by atoms with Crippen LogP contribution in [0.15, 0.2) is 53.7 Å². The first-order chi connectivity index (χ1) is 12.7. The Kier molecular flexibility index (Phi) is 6.47. The molecule has 0 atom stereocenters. The van der Waals surface area contributed by atoms with Crippen LogP contribution in [0.1, 0.15) is 29.4 Å². The second-order valence-corrected chi connectivity index (χ2v) is 7.29. The molecule has 3 aromatic rings. The predicted molar refractivity (Wildman–Crippen MR) is 107 cm³/mol. The molecule has 0 aliphatic carbocycles. The van der Waals surface area contributed by atoms with E-state index in [1.807, 2.05) is 13.0 Å². The normalized spacial score (nSPS) is 11.0. The van der Waals surface area contributed by atoms with E-state index in [0.29, 0.717) is 0 Å². The molecule has 26 heavy (non-hydrogen) atoms. The van der Waals surface area contributed by atoms with E-state index in [0.717, 1.165) is 42.1 Å². The molecular formula is C21H25N3OS. The van der Waals surface area contributed by atoms with Crippen LogP contribution in [0.2, 0.25) is 0 Å². The summed E-state index contributed by atoms with van der Waals surface area (Å²) < 4.78 is 7.66. The monoisotopic (exact) mass is 367 g/mol. The molecule has 0 amide bonds. The van der Waals surface area contributed by atoms with E-state index in [9.17, 15) is 0 Å². The van der Waals surface area contributed by atoms with Crippen LogP contribution in [-0.2, 0) is 11.2 Å². The fourth-order valence-corrected chi connectivity index (χ4v) is 3.74. The van der Waals surface area contributed by atoms with E-state index in [1.165, 1.54) is 16.7 Å². The molecule has 0 saturated heterocycles. The lowest BCUT2D eigenvalue weighted by Gasteiger charge is -2.13. The summed E-state index contributed by atoms with van der Waals surface area (Å²) in [5.41, 5.74) is 4.86.